The Morgan fingerprint density at radius 1 is 1.12 bits per heavy atom. The summed E-state index contributed by atoms with van der Waals surface area (Å²) in [5.74, 6) is 0.411. The maximum absolute atomic E-state index is 12.7. The summed E-state index contributed by atoms with van der Waals surface area (Å²) in [6.45, 7) is 6.58. The largest absolute Gasteiger partial charge is 0.342 e. The highest BCUT2D eigenvalue weighted by Gasteiger charge is 2.24. The Morgan fingerprint density at radius 2 is 1.76 bits per heavy atom. The van der Waals surface area contributed by atoms with Crippen LogP contribution in [0, 0.1) is 0 Å². The van der Waals surface area contributed by atoms with Gasteiger partial charge in [0.25, 0.3) is 5.91 Å². The molecular weight excluding hydrogens is 316 g/mol. The van der Waals surface area contributed by atoms with E-state index in [2.05, 4.69) is 43.2 Å². The molecule has 3 rings (SSSR count). The van der Waals surface area contributed by atoms with E-state index >= 15 is 0 Å². The molecule has 2 aromatic rings. The van der Waals surface area contributed by atoms with E-state index in [4.69, 9.17) is 0 Å². The third-order valence-electron chi connectivity index (χ3n) is 4.72. The summed E-state index contributed by atoms with van der Waals surface area (Å²) in [7, 11) is 1.85. The van der Waals surface area contributed by atoms with Gasteiger partial charge in [0, 0.05) is 33.2 Å². The minimum Gasteiger partial charge on any atom is -0.342 e. The highest BCUT2D eigenvalue weighted by atomic mass is 16.2. The Labute approximate surface area is 148 Å². The van der Waals surface area contributed by atoms with Crippen molar-refractivity contribution in [2.75, 3.05) is 26.2 Å². The number of piperazine rings is 1. The minimum absolute atomic E-state index is 0.0776. The Bertz CT molecular complexity index is 756. The van der Waals surface area contributed by atoms with Crippen LogP contribution in [-0.4, -0.2) is 58.1 Å². The Hall–Kier alpha value is -2.63. The monoisotopic (exact) mass is 340 g/mol. The van der Waals surface area contributed by atoms with Crippen molar-refractivity contribution in [3.8, 4) is 11.3 Å². The van der Waals surface area contributed by atoms with E-state index in [1.165, 1.54) is 5.56 Å². The van der Waals surface area contributed by atoms with E-state index < -0.39 is 0 Å². The number of rotatable bonds is 4. The van der Waals surface area contributed by atoms with Gasteiger partial charge < -0.3 is 9.80 Å². The molecule has 1 fully saturated rings. The lowest BCUT2D eigenvalue weighted by molar-refractivity contribution is -0.119. The predicted molar refractivity (Wildman–Crippen MR) is 96.3 cm³/mol. The zero-order valence-corrected chi connectivity index (χ0v) is 15.0. The molecule has 0 aliphatic carbocycles. The van der Waals surface area contributed by atoms with Crippen molar-refractivity contribution < 1.29 is 9.59 Å². The average molecular weight is 340 g/mol. The molecule has 0 spiro atoms. The summed E-state index contributed by atoms with van der Waals surface area (Å²) < 4.78 is 1.75. The van der Waals surface area contributed by atoms with Crippen molar-refractivity contribution in [3.05, 3.63) is 41.6 Å². The maximum Gasteiger partial charge on any atom is 0.274 e. The normalized spacial score (nSPS) is 14.9. The molecule has 6 nitrogen and oxygen atoms in total. The van der Waals surface area contributed by atoms with Crippen molar-refractivity contribution in [1.82, 2.24) is 19.6 Å². The molecule has 25 heavy (non-hydrogen) atoms. The van der Waals surface area contributed by atoms with Gasteiger partial charge in [0.15, 0.2) is 5.69 Å². The molecular formula is C19H24N4O2. The number of carbonyl (C=O) groups is 2. The molecule has 6 heteroatoms. The lowest BCUT2D eigenvalue weighted by Gasteiger charge is -2.32. The van der Waals surface area contributed by atoms with Crippen LogP contribution in [0.1, 0.15) is 35.8 Å². The molecule has 0 atom stereocenters. The van der Waals surface area contributed by atoms with Gasteiger partial charge in [-0.3, -0.25) is 14.3 Å². The fourth-order valence-electron chi connectivity index (χ4n) is 3.07. The van der Waals surface area contributed by atoms with Gasteiger partial charge in [0.05, 0.1) is 5.69 Å². The van der Waals surface area contributed by atoms with E-state index in [1.54, 1.807) is 14.5 Å². The number of hydrogen-bond acceptors (Lipinski definition) is 3. The molecule has 0 saturated carbocycles. The van der Waals surface area contributed by atoms with E-state index in [0.717, 1.165) is 17.7 Å². The van der Waals surface area contributed by atoms with Gasteiger partial charge >= 0.3 is 0 Å². The van der Waals surface area contributed by atoms with E-state index in [-0.39, 0.29) is 5.91 Å². The van der Waals surface area contributed by atoms with Crippen LogP contribution in [-0.2, 0) is 11.8 Å². The molecule has 1 aliphatic rings. The minimum atomic E-state index is -0.0776. The van der Waals surface area contributed by atoms with Crippen LogP contribution in [0.4, 0.5) is 0 Å². The smallest absolute Gasteiger partial charge is 0.274 e. The van der Waals surface area contributed by atoms with Crippen molar-refractivity contribution in [1.29, 1.82) is 0 Å². The standard InChI is InChI=1S/C19H24N4O2/c1-14(2)15-4-6-16(7-5-15)18-12-17(20-21(18)3)19(25)23-10-8-22(13-24)9-11-23/h4-7,12-14H,8-11H2,1-3H3. The molecule has 0 bridgehead atoms. The van der Waals surface area contributed by atoms with Gasteiger partial charge in [-0.15, -0.1) is 0 Å². The first-order valence-corrected chi connectivity index (χ1v) is 8.62. The van der Waals surface area contributed by atoms with Gasteiger partial charge in [-0.25, -0.2) is 0 Å². The second-order valence-corrected chi connectivity index (χ2v) is 6.75. The van der Waals surface area contributed by atoms with Gasteiger partial charge in [-0.1, -0.05) is 38.1 Å². The Kier molecular flexibility index (Phi) is 4.88. The molecule has 0 unspecified atom stereocenters. The van der Waals surface area contributed by atoms with Crippen molar-refractivity contribution in [3.63, 3.8) is 0 Å². The zero-order chi connectivity index (χ0) is 18.0. The summed E-state index contributed by atoms with van der Waals surface area (Å²) in [5.41, 5.74) is 3.70. The number of aryl methyl sites for hydroxylation is 1. The number of nitrogens with zero attached hydrogens (tertiary/aromatic N) is 4. The summed E-state index contributed by atoms with van der Waals surface area (Å²) in [5, 5.41) is 4.40. The highest BCUT2D eigenvalue weighted by molar-refractivity contribution is 5.93. The fourth-order valence-corrected chi connectivity index (χ4v) is 3.07. The van der Waals surface area contributed by atoms with Crippen LogP contribution in [0.15, 0.2) is 30.3 Å². The third kappa shape index (κ3) is 3.57. The van der Waals surface area contributed by atoms with Crippen LogP contribution in [0.2, 0.25) is 0 Å². The second-order valence-electron chi connectivity index (χ2n) is 6.75. The number of carbonyl (C=O) groups excluding carboxylic acids is 2. The predicted octanol–water partition coefficient (Wildman–Crippen LogP) is 2.12. The molecule has 2 heterocycles. The third-order valence-corrected chi connectivity index (χ3v) is 4.72. The van der Waals surface area contributed by atoms with Crippen molar-refractivity contribution in [2.45, 2.75) is 19.8 Å². The Morgan fingerprint density at radius 3 is 2.32 bits per heavy atom. The lowest BCUT2D eigenvalue weighted by Crippen LogP contribution is -2.48. The van der Waals surface area contributed by atoms with E-state index in [0.29, 0.717) is 37.8 Å². The number of benzene rings is 1. The quantitative estimate of drug-likeness (QED) is 0.801. The van der Waals surface area contributed by atoms with Crippen LogP contribution >= 0.6 is 0 Å². The SMILES string of the molecule is CC(C)c1ccc(-c2cc(C(=O)N3CCN(C=O)CC3)nn2C)cc1. The van der Waals surface area contributed by atoms with E-state index in [9.17, 15) is 9.59 Å². The summed E-state index contributed by atoms with van der Waals surface area (Å²) in [6.07, 6.45) is 0.835. The first-order chi connectivity index (χ1) is 12.0. The fraction of sp³-hybridized carbons (Fsp3) is 0.421. The molecule has 2 amide bonds. The molecule has 132 valence electrons. The van der Waals surface area contributed by atoms with Gasteiger partial charge in [-0.2, -0.15) is 5.10 Å². The number of aromatic nitrogens is 2. The maximum atomic E-state index is 12.7. The van der Waals surface area contributed by atoms with Gasteiger partial charge in [-0.05, 0) is 23.1 Å². The molecule has 1 aromatic heterocycles. The van der Waals surface area contributed by atoms with Crippen LogP contribution in [0.5, 0.6) is 0 Å². The molecule has 1 aliphatic heterocycles. The molecule has 1 saturated heterocycles. The topological polar surface area (TPSA) is 58.4 Å². The lowest BCUT2D eigenvalue weighted by atomic mass is 10.0. The second kappa shape index (κ2) is 7.09. The summed E-state index contributed by atoms with van der Waals surface area (Å²) in [4.78, 5) is 26.9. The zero-order valence-electron chi connectivity index (χ0n) is 15.0. The van der Waals surface area contributed by atoms with Crippen LogP contribution < -0.4 is 0 Å². The van der Waals surface area contributed by atoms with Crippen LogP contribution in [0.3, 0.4) is 0 Å². The molecule has 0 radical (unpaired) electrons. The average Bonchev–Trinajstić information content (AvgIpc) is 3.03. The molecule has 1 aromatic carbocycles. The van der Waals surface area contributed by atoms with Crippen molar-refractivity contribution >= 4 is 12.3 Å². The first kappa shape index (κ1) is 17.2. The van der Waals surface area contributed by atoms with Gasteiger partial charge in [0.1, 0.15) is 0 Å². The number of amides is 2. The van der Waals surface area contributed by atoms with Crippen LogP contribution in [0.25, 0.3) is 11.3 Å². The first-order valence-electron chi connectivity index (χ1n) is 8.62. The number of hydrogen-bond donors (Lipinski definition) is 0. The molecule has 0 N–H and O–H groups in total. The van der Waals surface area contributed by atoms with Gasteiger partial charge in [0.2, 0.25) is 6.41 Å². The summed E-state index contributed by atoms with van der Waals surface area (Å²) in [6, 6.07) is 10.2. The van der Waals surface area contributed by atoms with Crippen molar-refractivity contribution in [2.24, 2.45) is 7.05 Å². The highest BCUT2D eigenvalue weighted by Crippen LogP contribution is 2.23. The Balaban J connectivity index is 1.78. The van der Waals surface area contributed by atoms with E-state index in [1.807, 2.05) is 13.1 Å². The summed E-state index contributed by atoms with van der Waals surface area (Å²) >= 11 is 0.